The number of carbonyl (C=O) groups is 1. The lowest BCUT2D eigenvalue weighted by Gasteiger charge is -1.58. The standard InChI is InChI=1S/C3H3NO/c4-2-1-3-5/h1-3H. The van der Waals surface area contributed by atoms with E-state index >= 15 is 0 Å². The van der Waals surface area contributed by atoms with Crippen LogP contribution in [0.5, 0.6) is 0 Å². The third-order valence-electron chi connectivity index (χ3n) is 0.165. The lowest BCUT2D eigenvalue weighted by molar-refractivity contribution is -0.104. The van der Waals surface area contributed by atoms with Gasteiger partial charge in [-0.15, -0.1) is 0 Å². The maximum atomic E-state index is 9.16. The molecule has 0 atom stereocenters. The summed E-state index contributed by atoms with van der Waals surface area (Å²) < 4.78 is 0. The first-order valence-electron chi connectivity index (χ1n) is 1.16. The minimum absolute atomic E-state index is 0.500. The molecule has 0 aliphatic carbocycles. The Balaban J connectivity index is 2.65. The van der Waals surface area contributed by atoms with Crippen LogP contribution in [0.4, 0.5) is 0 Å². The molecule has 0 radical (unpaired) electrons. The van der Waals surface area contributed by atoms with E-state index in [4.69, 9.17) is 10.2 Å². The summed E-state index contributed by atoms with van der Waals surface area (Å²) in [5.41, 5.74) is 0. The summed E-state index contributed by atoms with van der Waals surface area (Å²) in [6, 6.07) is 0. The molecule has 0 aromatic heterocycles. The molecule has 0 saturated carbocycles. The normalized spacial score (nSPS) is 5.60. The van der Waals surface area contributed by atoms with Crippen LogP contribution >= 0.6 is 0 Å². The molecule has 0 spiro atoms. The Bertz CT molecular complexity index is 36.2. The summed E-state index contributed by atoms with van der Waals surface area (Å²) in [4.78, 5) is 9.16. The van der Waals surface area contributed by atoms with Gasteiger partial charge >= 0.3 is 0 Å². The van der Waals surface area contributed by atoms with Gasteiger partial charge in [0.15, 0.2) is 6.42 Å². The van der Waals surface area contributed by atoms with E-state index in [0.717, 1.165) is 6.42 Å². The second kappa shape index (κ2) is 3.21. The van der Waals surface area contributed by atoms with Gasteiger partial charge in [0, 0.05) is 0 Å². The Morgan fingerprint density at radius 3 is 2.40 bits per heavy atom. The maximum absolute atomic E-state index is 9.16. The van der Waals surface area contributed by atoms with E-state index in [1.807, 2.05) is 0 Å². The summed E-state index contributed by atoms with van der Waals surface area (Å²) in [6.45, 7) is 0. The predicted octanol–water partition coefficient (Wildman–Crippen LogP) is 0.0298. The van der Waals surface area contributed by atoms with Gasteiger partial charge in [-0.25, -0.2) is 4.79 Å². The van der Waals surface area contributed by atoms with Gasteiger partial charge in [0.05, 0.1) is 0 Å². The number of carbonyl (C=O) groups excluding carboxylic acids is 1. The first-order valence-corrected chi connectivity index (χ1v) is 1.16. The van der Waals surface area contributed by atoms with Gasteiger partial charge in [-0.2, -0.15) is 0 Å². The van der Waals surface area contributed by atoms with Gasteiger partial charge in [-0.1, -0.05) is 0 Å². The summed E-state index contributed by atoms with van der Waals surface area (Å²) in [7, 11) is 0. The third kappa shape index (κ3) is 3.21. The van der Waals surface area contributed by atoms with E-state index in [2.05, 4.69) is 0 Å². The van der Waals surface area contributed by atoms with Crippen molar-refractivity contribution in [3.8, 4) is 0 Å². The van der Waals surface area contributed by atoms with Crippen molar-refractivity contribution < 1.29 is 4.79 Å². The minimum Gasteiger partial charge on any atom is -0.770 e. The molecule has 0 aromatic rings. The number of nitrogens with zero attached hydrogens (tertiary/aromatic N) is 1. The molecule has 0 rings (SSSR count). The van der Waals surface area contributed by atoms with Crippen LogP contribution in [0.3, 0.4) is 0 Å². The molecule has 0 heterocycles. The Kier molecular flexibility index (Phi) is 2.70. The van der Waals surface area contributed by atoms with Gasteiger partial charge in [0.25, 0.3) is 6.29 Å². The topological polar surface area (TPSA) is 39.4 Å². The highest BCUT2D eigenvalue weighted by Gasteiger charge is 1.69. The van der Waals surface area contributed by atoms with Gasteiger partial charge in [0.2, 0.25) is 0 Å². The average molecular weight is 69.1 g/mol. The molecule has 0 amide bonds. The van der Waals surface area contributed by atoms with Crippen LogP contribution in [0.1, 0.15) is 0 Å². The van der Waals surface area contributed by atoms with Crippen molar-refractivity contribution >= 4 is 12.5 Å². The highest BCUT2D eigenvalue weighted by Crippen LogP contribution is 1.50. The quantitative estimate of drug-likeness (QED) is 0.256. The van der Waals surface area contributed by atoms with Gasteiger partial charge in [-0.3, -0.25) is 0 Å². The fourth-order valence-electron chi connectivity index (χ4n) is 0.0351. The van der Waals surface area contributed by atoms with Crippen molar-refractivity contribution in [1.82, 2.24) is 0 Å². The molecule has 5 heavy (non-hydrogen) atoms. The molecular weight excluding hydrogens is 66.0 g/mol. The summed E-state index contributed by atoms with van der Waals surface area (Å²) in [5.74, 6) is 0. The van der Waals surface area contributed by atoms with Crippen molar-refractivity contribution in [2.45, 2.75) is 0 Å². The van der Waals surface area contributed by atoms with Crippen LogP contribution in [-0.4, -0.2) is 12.5 Å². The summed E-state index contributed by atoms with van der Waals surface area (Å²) in [5, 5.41) is 7.65. The fourth-order valence-corrected chi connectivity index (χ4v) is 0.0351. The Morgan fingerprint density at radius 1 is 1.80 bits per heavy atom. The molecule has 0 N–H and O–H groups in total. The van der Waals surface area contributed by atoms with E-state index < -0.39 is 0 Å². The number of hydrogen-bond acceptors (Lipinski definition) is 1. The van der Waals surface area contributed by atoms with Gasteiger partial charge in [-0.05, 0) is 6.21 Å². The molecule has 26 valence electrons. The van der Waals surface area contributed by atoms with E-state index in [0.29, 0.717) is 12.5 Å². The SMILES string of the molecule is [N-]=C[CH+]C=O. The minimum atomic E-state index is 0.500. The third-order valence-corrected chi connectivity index (χ3v) is 0.165. The highest BCUT2D eigenvalue weighted by molar-refractivity contribution is 5.90. The van der Waals surface area contributed by atoms with Crippen molar-refractivity contribution in [1.29, 1.82) is 0 Å². The lowest BCUT2D eigenvalue weighted by atomic mass is 10.5. The Hall–Kier alpha value is -0.790. The van der Waals surface area contributed by atoms with Crippen molar-refractivity contribution in [3.05, 3.63) is 11.8 Å². The first kappa shape index (κ1) is 4.21. The molecule has 0 bridgehead atoms. The summed E-state index contributed by atoms with van der Waals surface area (Å²) >= 11 is 0. The number of rotatable bonds is 2. The van der Waals surface area contributed by atoms with Gasteiger partial charge < -0.3 is 5.41 Å². The first-order chi connectivity index (χ1) is 2.41. The predicted molar refractivity (Wildman–Crippen MR) is 19.8 cm³/mol. The van der Waals surface area contributed by atoms with E-state index in [9.17, 15) is 0 Å². The maximum Gasteiger partial charge on any atom is 0.297 e. The second-order valence-corrected chi connectivity index (χ2v) is 0.478. The van der Waals surface area contributed by atoms with Crippen LogP contribution < -0.4 is 0 Å². The zero-order valence-corrected chi connectivity index (χ0v) is 2.59. The molecule has 0 saturated heterocycles. The molecule has 0 aliphatic heterocycles. The van der Waals surface area contributed by atoms with E-state index in [-0.39, 0.29) is 0 Å². The van der Waals surface area contributed by atoms with Gasteiger partial charge in [0.1, 0.15) is 0 Å². The largest absolute Gasteiger partial charge is 0.770 e. The molecule has 0 fully saturated rings. The van der Waals surface area contributed by atoms with E-state index in [1.54, 1.807) is 0 Å². The second-order valence-electron chi connectivity index (χ2n) is 0.478. The summed E-state index contributed by atoms with van der Waals surface area (Å²) in [6.07, 6.45) is 2.19. The molecule has 0 aromatic carbocycles. The van der Waals surface area contributed by atoms with Crippen LogP contribution in [0.15, 0.2) is 0 Å². The van der Waals surface area contributed by atoms with Crippen molar-refractivity contribution in [2.75, 3.05) is 0 Å². The Labute approximate surface area is 30.3 Å². The number of hydrogen-bond donors (Lipinski definition) is 0. The Morgan fingerprint density at radius 2 is 2.40 bits per heavy atom. The highest BCUT2D eigenvalue weighted by atomic mass is 16.1. The molecule has 0 aliphatic rings. The van der Waals surface area contributed by atoms with Crippen LogP contribution in [0.25, 0.3) is 5.41 Å². The molecule has 2 nitrogen and oxygen atoms in total. The van der Waals surface area contributed by atoms with Crippen molar-refractivity contribution in [2.24, 2.45) is 0 Å². The number of aldehydes is 1. The zero-order chi connectivity index (χ0) is 4.12. The lowest BCUT2D eigenvalue weighted by Crippen LogP contribution is -1.69. The van der Waals surface area contributed by atoms with Crippen molar-refractivity contribution in [3.63, 3.8) is 0 Å². The van der Waals surface area contributed by atoms with E-state index in [1.165, 1.54) is 0 Å². The monoisotopic (exact) mass is 69.0 g/mol. The van der Waals surface area contributed by atoms with Crippen LogP contribution in [-0.2, 0) is 4.79 Å². The molecule has 0 unspecified atom stereocenters. The van der Waals surface area contributed by atoms with Crippen LogP contribution in [0.2, 0.25) is 0 Å². The average Bonchev–Trinajstić information content (AvgIpc) is 1.41. The smallest absolute Gasteiger partial charge is 0.297 e. The van der Waals surface area contributed by atoms with Crippen LogP contribution in [0, 0.1) is 6.42 Å². The fraction of sp³-hybridized carbons (Fsp3) is 0. The molecular formula is C3H3NO. The zero-order valence-electron chi connectivity index (χ0n) is 2.59. The molecule has 2 heteroatoms.